The minimum atomic E-state index is -0.337. The second kappa shape index (κ2) is 8.03. The van der Waals surface area contributed by atoms with Crippen LogP contribution in [-0.4, -0.2) is 19.7 Å². The van der Waals surface area contributed by atoms with Crippen LogP contribution in [0, 0.1) is 6.92 Å². The number of aryl methyl sites for hydroxylation is 1. The molecule has 0 aliphatic rings. The second-order valence-corrected chi connectivity index (χ2v) is 5.02. The second-order valence-electron chi connectivity index (χ2n) is 5.02. The van der Waals surface area contributed by atoms with Crippen molar-refractivity contribution < 1.29 is 14.3 Å². The highest BCUT2D eigenvalue weighted by molar-refractivity contribution is 5.87. The lowest BCUT2D eigenvalue weighted by atomic mass is 10.1. The summed E-state index contributed by atoms with van der Waals surface area (Å²) >= 11 is 0. The molecule has 0 bridgehead atoms. The number of esters is 1. The van der Waals surface area contributed by atoms with Crippen LogP contribution in [0.2, 0.25) is 0 Å². The minimum absolute atomic E-state index is 0.337. The Kier molecular flexibility index (Phi) is 5.78. The van der Waals surface area contributed by atoms with Crippen molar-refractivity contribution in [1.82, 2.24) is 0 Å². The summed E-state index contributed by atoms with van der Waals surface area (Å²) in [6.45, 7) is 2.36. The molecular formula is C19H20O3. The Bertz CT molecular complexity index is 645. The fraction of sp³-hybridized carbons (Fsp3) is 0.211. The zero-order chi connectivity index (χ0) is 15.8. The van der Waals surface area contributed by atoms with Gasteiger partial charge in [0.15, 0.2) is 0 Å². The third kappa shape index (κ3) is 5.09. The van der Waals surface area contributed by atoms with Crippen LogP contribution in [0.4, 0.5) is 0 Å². The van der Waals surface area contributed by atoms with E-state index in [9.17, 15) is 4.79 Å². The Hall–Kier alpha value is -2.55. The van der Waals surface area contributed by atoms with Crippen LogP contribution in [0.1, 0.15) is 16.7 Å². The van der Waals surface area contributed by atoms with Crippen LogP contribution < -0.4 is 4.74 Å². The molecule has 0 amide bonds. The van der Waals surface area contributed by atoms with Gasteiger partial charge in [0.05, 0.1) is 13.7 Å². The summed E-state index contributed by atoms with van der Waals surface area (Å²) in [4.78, 5) is 11.7. The van der Waals surface area contributed by atoms with Gasteiger partial charge in [0.25, 0.3) is 0 Å². The predicted molar refractivity (Wildman–Crippen MR) is 87.9 cm³/mol. The highest BCUT2D eigenvalue weighted by Gasteiger charge is 2.00. The van der Waals surface area contributed by atoms with Crippen molar-refractivity contribution in [3.63, 3.8) is 0 Å². The van der Waals surface area contributed by atoms with Gasteiger partial charge in [0.1, 0.15) is 5.75 Å². The molecule has 3 nitrogen and oxygen atoms in total. The van der Waals surface area contributed by atoms with E-state index in [2.05, 4.69) is 0 Å². The average Bonchev–Trinajstić information content (AvgIpc) is 2.53. The normalized spacial score (nSPS) is 10.6. The smallest absolute Gasteiger partial charge is 0.330 e. The number of carbonyl (C=O) groups excluding carboxylic acids is 1. The third-order valence-corrected chi connectivity index (χ3v) is 3.20. The first-order valence-corrected chi connectivity index (χ1v) is 7.22. The van der Waals surface area contributed by atoms with E-state index in [0.29, 0.717) is 6.61 Å². The van der Waals surface area contributed by atoms with E-state index in [1.165, 1.54) is 6.08 Å². The van der Waals surface area contributed by atoms with Crippen molar-refractivity contribution in [2.24, 2.45) is 0 Å². The molecular weight excluding hydrogens is 276 g/mol. The molecule has 0 saturated heterocycles. The fourth-order valence-electron chi connectivity index (χ4n) is 2.12. The molecule has 0 radical (unpaired) electrons. The van der Waals surface area contributed by atoms with Crippen LogP contribution in [0.25, 0.3) is 6.08 Å². The Balaban J connectivity index is 1.85. The standard InChI is InChI=1S/C19H20O3/c1-15-12-17(14-18(13-15)21-2)8-9-19(20)22-11-10-16-6-4-3-5-7-16/h3-9,12-14H,10-11H2,1-2H3/b9-8+. The first-order valence-electron chi connectivity index (χ1n) is 7.22. The third-order valence-electron chi connectivity index (χ3n) is 3.20. The van der Waals surface area contributed by atoms with Gasteiger partial charge < -0.3 is 9.47 Å². The first kappa shape index (κ1) is 15.8. The Morgan fingerprint density at radius 3 is 2.64 bits per heavy atom. The lowest BCUT2D eigenvalue weighted by Gasteiger charge is -2.04. The number of carbonyl (C=O) groups is 1. The van der Waals surface area contributed by atoms with Crippen molar-refractivity contribution >= 4 is 12.0 Å². The number of hydrogen-bond acceptors (Lipinski definition) is 3. The molecule has 0 heterocycles. The summed E-state index contributed by atoms with van der Waals surface area (Å²) < 4.78 is 10.4. The van der Waals surface area contributed by atoms with Crippen molar-refractivity contribution in [3.8, 4) is 5.75 Å². The molecule has 0 saturated carbocycles. The monoisotopic (exact) mass is 296 g/mol. The van der Waals surface area contributed by atoms with E-state index >= 15 is 0 Å². The highest BCUT2D eigenvalue weighted by atomic mass is 16.5. The van der Waals surface area contributed by atoms with Gasteiger partial charge in [-0.25, -0.2) is 4.79 Å². The maximum Gasteiger partial charge on any atom is 0.330 e. The van der Waals surface area contributed by atoms with Crippen molar-refractivity contribution in [3.05, 3.63) is 71.3 Å². The van der Waals surface area contributed by atoms with Gasteiger partial charge in [-0.2, -0.15) is 0 Å². The molecule has 3 heteroatoms. The van der Waals surface area contributed by atoms with E-state index in [0.717, 1.165) is 28.9 Å². The predicted octanol–water partition coefficient (Wildman–Crippen LogP) is 3.80. The molecule has 2 aromatic carbocycles. The highest BCUT2D eigenvalue weighted by Crippen LogP contribution is 2.17. The average molecular weight is 296 g/mol. The largest absolute Gasteiger partial charge is 0.497 e. The molecule has 0 N–H and O–H groups in total. The SMILES string of the molecule is COc1cc(C)cc(/C=C/C(=O)OCCc2ccccc2)c1. The summed E-state index contributed by atoms with van der Waals surface area (Å²) in [5, 5.41) is 0. The fourth-order valence-corrected chi connectivity index (χ4v) is 2.12. The summed E-state index contributed by atoms with van der Waals surface area (Å²) in [5.74, 6) is 0.438. The molecule has 0 unspecified atom stereocenters. The van der Waals surface area contributed by atoms with Gasteiger partial charge in [-0.15, -0.1) is 0 Å². The van der Waals surface area contributed by atoms with Crippen molar-refractivity contribution in [2.45, 2.75) is 13.3 Å². The zero-order valence-electron chi connectivity index (χ0n) is 12.9. The number of hydrogen-bond donors (Lipinski definition) is 0. The maximum absolute atomic E-state index is 11.7. The van der Waals surface area contributed by atoms with E-state index < -0.39 is 0 Å². The lowest BCUT2D eigenvalue weighted by Crippen LogP contribution is -2.04. The maximum atomic E-state index is 11.7. The van der Waals surface area contributed by atoms with Crippen LogP contribution in [0.5, 0.6) is 5.75 Å². The van der Waals surface area contributed by atoms with Crippen LogP contribution in [0.15, 0.2) is 54.6 Å². The molecule has 0 spiro atoms. The summed E-state index contributed by atoms with van der Waals surface area (Å²) in [5.41, 5.74) is 3.15. The van der Waals surface area contributed by atoms with Crippen LogP contribution >= 0.6 is 0 Å². The number of ether oxygens (including phenoxy) is 2. The first-order chi connectivity index (χ1) is 10.7. The molecule has 114 valence electrons. The van der Waals surface area contributed by atoms with Gasteiger partial charge in [-0.1, -0.05) is 36.4 Å². The summed E-state index contributed by atoms with van der Waals surface area (Å²) in [6.07, 6.45) is 3.90. The zero-order valence-corrected chi connectivity index (χ0v) is 12.9. The minimum Gasteiger partial charge on any atom is -0.497 e. The van der Waals surface area contributed by atoms with Gasteiger partial charge in [0.2, 0.25) is 0 Å². The number of benzene rings is 2. The van der Waals surface area contributed by atoms with E-state index in [1.54, 1.807) is 13.2 Å². The van der Waals surface area contributed by atoms with Crippen LogP contribution in [-0.2, 0) is 16.0 Å². The molecule has 0 aromatic heterocycles. The molecule has 2 rings (SSSR count). The topological polar surface area (TPSA) is 35.5 Å². The quantitative estimate of drug-likeness (QED) is 0.601. The van der Waals surface area contributed by atoms with Gasteiger partial charge in [-0.05, 0) is 41.8 Å². The Morgan fingerprint density at radius 1 is 1.14 bits per heavy atom. The van der Waals surface area contributed by atoms with Gasteiger partial charge in [0, 0.05) is 12.5 Å². The molecule has 0 aliphatic carbocycles. The van der Waals surface area contributed by atoms with Crippen LogP contribution in [0.3, 0.4) is 0 Å². The van der Waals surface area contributed by atoms with Gasteiger partial charge in [-0.3, -0.25) is 0 Å². The molecule has 0 aliphatic heterocycles. The van der Waals surface area contributed by atoms with Crippen molar-refractivity contribution in [1.29, 1.82) is 0 Å². The van der Waals surface area contributed by atoms with Crippen molar-refractivity contribution in [2.75, 3.05) is 13.7 Å². The number of rotatable bonds is 6. The molecule has 0 fully saturated rings. The lowest BCUT2D eigenvalue weighted by molar-refractivity contribution is -0.137. The van der Waals surface area contributed by atoms with Gasteiger partial charge >= 0.3 is 5.97 Å². The Morgan fingerprint density at radius 2 is 1.91 bits per heavy atom. The molecule has 0 atom stereocenters. The molecule has 22 heavy (non-hydrogen) atoms. The number of methoxy groups -OCH3 is 1. The summed E-state index contributed by atoms with van der Waals surface area (Å²) in [6, 6.07) is 15.7. The summed E-state index contributed by atoms with van der Waals surface area (Å²) in [7, 11) is 1.63. The van der Waals surface area contributed by atoms with E-state index in [4.69, 9.17) is 9.47 Å². The van der Waals surface area contributed by atoms with E-state index in [-0.39, 0.29) is 5.97 Å². The molecule has 2 aromatic rings. The Labute approximate surface area is 131 Å². The van der Waals surface area contributed by atoms with E-state index in [1.807, 2.05) is 55.5 Å².